The van der Waals surface area contributed by atoms with Crippen molar-refractivity contribution in [3.8, 4) is 16.8 Å². The maximum absolute atomic E-state index is 6.71. The molecule has 8 aromatic rings. The first-order valence-electron chi connectivity index (χ1n) is 19.7. The van der Waals surface area contributed by atoms with Crippen LogP contribution in [0, 0.1) is 5.92 Å². The van der Waals surface area contributed by atoms with E-state index in [1.165, 1.54) is 55.1 Å². The van der Waals surface area contributed by atoms with Crippen LogP contribution < -0.4 is 4.90 Å². The molecule has 0 saturated carbocycles. The Kier molecular flexibility index (Phi) is 7.07. The van der Waals surface area contributed by atoms with Crippen molar-refractivity contribution in [2.75, 3.05) is 4.90 Å². The van der Waals surface area contributed by atoms with E-state index in [0.717, 1.165) is 64.4 Å². The molecular weight excluding hydrogens is 669 g/mol. The second-order valence-electron chi connectivity index (χ2n) is 16.1. The summed E-state index contributed by atoms with van der Waals surface area (Å²) in [6.45, 7) is 7.00. The zero-order chi connectivity index (χ0) is 36.8. The largest absolute Gasteiger partial charge is 0.456 e. The normalized spacial score (nSPS) is 16.7. The van der Waals surface area contributed by atoms with Gasteiger partial charge >= 0.3 is 0 Å². The predicted molar refractivity (Wildman–Crippen MR) is 231 cm³/mol. The summed E-state index contributed by atoms with van der Waals surface area (Å²) in [4.78, 5) is 2.44. The number of furan rings is 1. The molecule has 3 nitrogen and oxygen atoms in total. The van der Waals surface area contributed by atoms with Gasteiger partial charge in [0, 0.05) is 44.5 Å². The van der Waals surface area contributed by atoms with E-state index in [1.54, 1.807) is 0 Å². The van der Waals surface area contributed by atoms with E-state index in [1.807, 2.05) is 0 Å². The first kappa shape index (κ1) is 32.1. The van der Waals surface area contributed by atoms with Gasteiger partial charge in [0.05, 0.1) is 16.4 Å². The number of nitrogens with zero attached hydrogens (tertiary/aromatic N) is 2. The van der Waals surface area contributed by atoms with E-state index in [4.69, 9.17) is 4.42 Å². The smallest absolute Gasteiger partial charge is 0.145 e. The molecule has 55 heavy (non-hydrogen) atoms. The third-order valence-corrected chi connectivity index (χ3v) is 12.4. The highest BCUT2D eigenvalue weighted by Gasteiger charge is 2.36. The Balaban J connectivity index is 1.14. The summed E-state index contributed by atoms with van der Waals surface area (Å²) < 4.78 is 9.13. The van der Waals surface area contributed by atoms with Gasteiger partial charge in [0.1, 0.15) is 11.3 Å². The number of aryl methyl sites for hydroxylation is 1. The van der Waals surface area contributed by atoms with Crippen LogP contribution in [0.1, 0.15) is 61.6 Å². The van der Waals surface area contributed by atoms with Gasteiger partial charge in [0.2, 0.25) is 0 Å². The van der Waals surface area contributed by atoms with E-state index in [9.17, 15) is 0 Å². The summed E-state index contributed by atoms with van der Waals surface area (Å²) in [6, 6.07) is 47.4. The van der Waals surface area contributed by atoms with Gasteiger partial charge in [0.15, 0.2) is 0 Å². The van der Waals surface area contributed by atoms with Gasteiger partial charge in [-0.05, 0) is 131 Å². The molecule has 3 aliphatic rings. The molecule has 0 bridgehead atoms. The number of fused-ring (bicyclic) bond motifs is 10. The molecule has 0 radical (unpaired) electrons. The summed E-state index contributed by atoms with van der Waals surface area (Å²) in [7, 11) is 0. The lowest BCUT2D eigenvalue weighted by molar-refractivity contribution is 0.598. The Morgan fingerprint density at radius 2 is 1.44 bits per heavy atom. The number of hydrogen-bond acceptors (Lipinski definition) is 2. The highest BCUT2D eigenvalue weighted by atomic mass is 16.3. The second-order valence-corrected chi connectivity index (χ2v) is 16.1. The second kappa shape index (κ2) is 12.1. The van der Waals surface area contributed by atoms with Crippen LogP contribution in [-0.2, 0) is 11.8 Å². The van der Waals surface area contributed by atoms with Crippen molar-refractivity contribution in [3.05, 3.63) is 180 Å². The van der Waals surface area contributed by atoms with E-state index >= 15 is 0 Å². The quantitative estimate of drug-likeness (QED) is 0.177. The molecule has 3 aliphatic carbocycles. The fourth-order valence-corrected chi connectivity index (χ4v) is 9.54. The highest BCUT2D eigenvalue weighted by Crippen LogP contribution is 2.51. The third-order valence-electron chi connectivity index (χ3n) is 12.4. The van der Waals surface area contributed by atoms with Gasteiger partial charge in [-0.3, -0.25) is 0 Å². The van der Waals surface area contributed by atoms with E-state index in [2.05, 4.69) is 188 Å². The molecule has 11 rings (SSSR count). The number of anilines is 3. The van der Waals surface area contributed by atoms with Gasteiger partial charge in [-0.25, -0.2) is 0 Å². The average Bonchev–Trinajstić information content (AvgIpc) is 3.84. The lowest BCUT2D eigenvalue weighted by atomic mass is 9.82. The standard InChI is InChI=1S/C52H42N2O/c1-33-17-19-34(20-18-33)35-21-23-37(24-22-35)53(38-25-27-41-40-13-7-9-15-45(40)52(2,3)46(41)31-38)39-26-28-44-48(32-39)54(36-11-5-4-6-12-36)47-30-29-43-42-14-8-10-16-49(42)55-51(43)50(44)47/h4-7,9-13,15-17,19-33H,8,14,18H2,1-3H3. The number of hydrogen-bond donors (Lipinski definition) is 0. The zero-order valence-electron chi connectivity index (χ0n) is 31.5. The lowest BCUT2D eigenvalue weighted by Crippen LogP contribution is -2.16. The van der Waals surface area contributed by atoms with E-state index in [0.29, 0.717) is 5.92 Å². The van der Waals surface area contributed by atoms with Crippen LogP contribution in [0.15, 0.2) is 156 Å². The number of para-hydroxylation sites is 1. The van der Waals surface area contributed by atoms with Crippen molar-refractivity contribution < 1.29 is 4.42 Å². The van der Waals surface area contributed by atoms with Crippen LogP contribution >= 0.6 is 0 Å². The van der Waals surface area contributed by atoms with Crippen molar-refractivity contribution >= 4 is 61.5 Å². The summed E-state index contributed by atoms with van der Waals surface area (Å²) in [5.74, 6) is 1.58. The maximum atomic E-state index is 6.71. The first-order chi connectivity index (χ1) is 26.9. The summed E-state index contributed by atoms with van der Waals surface area (Å²) in [5, 5.41) is 3.58. The molecule has 0 spiro atoms. The van der Waals surface area contributed by atoms with Crippen LogP contribution in [0.25, 0.3) is 61.2 Å². The third kappa shape index (κ3) is 4.89. The minimum Gasteiger partial charge on any atom is -0.456 e. The summed E-state index contributed by atoms with van der Waals surface area (Å²) in [6.07, 6.45) is 14.5. The molecule has 0 fully saturated rings. The van der Waals surface area contributed by atoms with Gasteiger partial charge in [0.25, 0.3) is 0 Å². The Morgan fingerprint density at radius 3 is 2.27 bits per heavy atom. The zero-order valence-corrected chi connectivity index (χ0v) is 31.5. The monoisotopic (exact) mass is 710 g/mol. The molecule has 0 saturated heterocycles. The lowest BCUT2D eigenvalue weighted by Gasteiger charge is -2.28. The highest BCUT2D eigenvalue weighted by molar-refractivity contribution is 6.21. The molecular formula is C52H42N2O. The molecule has 2 heterocycles. The Morgan fingerprint density at radius 1 is 0.691 bits per heavy atom. The summed E-state index contributed by atoms with van der Waals surface area (Å²) >= 11 is 0. The Bertz CT molecular complexity index is 2930. The van der Waals surface area contributed by atoms with Crippen molar-refractivity contribution in [1.82, 2.24) is 4.57 Å². The fourth-order valence-electron chi connectivity index (χ4n) is 9.54. The molecule has 0 aliphatic heterocycles. The van der Waals surface area contributed by atoms with Crippen LogP contribution in [0.2, 0.25) is 0 Å². The summed E-state index contributed by atoms with van der Waals surface area (Å²) in [5.41, 5.74) is 17.0. The first-order valence-corrected chi connectivity index (χ1v) is 19.7. The molecule has 6 aromatic carbocycles. The number of allylic oxidation sites excluding steroid dienone is 5. The predicted octanol–water partition coefficient (Wildman–Crippen LogP) is 14.2. The van der Waals surface area contributed by atoms with Gasteiger partial charge < -0.3 is 13.9 Å². The molecule has 3 heteroatoms. The minimum absolute atomic E-state index is 0.110. The number of rotatable bonds is 5. The van der Waals surface area contributed by atoms with Gasteiger partial charge in [-0.15, -0.1) is 0 Å². The van der Waals surface area contributed by atoms with Crippen LogP contribution in [-0.4, -0.2) is 4.57 Å². The van der Waals surface area contributed by atoms with Crippen molar-refractivity contribution in [1.29, 1.82) is 0 Å². The SMILES string of the molecule is CC1C=CC(c2ccc(N(c3ccc4c(c3)C(C)(C)c3ccccc3-4)c3ccc4c5c6oc7c(c6ccc5n(-c5ccccc5)c4c3)CCC=C7)cc2)=CC1. The van der Waals surface area contributed by atoms with Crippen molar-refractivity contribution in [2.45, 2.75) is 45.4 Å². The molecule has 266 valence electrons. The average molecular weight is 711 g/mol. The van der Waals surface area contributed by atoms with Crippen molar-refractivity contribution in [2.24, 2.45) is 5.92 Å². The number of aromatic nitrogens is 1. The minimum atomic E-state index is -0.110. The van der Waals surface area contributed by atoms with E-state index in [-0.39, 0.29) is 5.41 Å². The Labute approximate surface area is 322 Å². The molecule has 1 atom stereocenters. The van der Waals surface area contributed by atoms with Gasteiger partial charge in [-0.2, -0.15) is 0 Å². The molecule has 2 aromatic heterocycles. The molecule has 0 amide bonds. The fraction of sp³-hybridized carbons (Fsp3) is 0.154. The molecule has 0 N–H and O–H groups in total. The van der Waals surface area contributed by atoms with Crippen LogP contribution in [0.4, 0.5) is 17.1 Å². The van der Waals surface area contributed by atoms with Crippen LogP contribution in [0.5, 0.6) is 0 Å². The molecule has 1 unspecified atom stereocenters. The topological polar surface area (TPSA) is 21.3 Å². The van der Waals surface area contributed by atoms with Gasteiger partial charge in [-0.1, -0.05) is 106 Å². The Hall–Kier alpha value is -6.32. The van der Waals surface area contributed by atoms with Crippen molar-refractivity contribution in [3.63, 3.8) is 0 Å². The van der Waals surface area contributed by atoms with Crippen LogP contribution in [0.3, 0.4) is 0 Å². The maximum Gasteiger partial charge on any atom is 0.145 e. The number of benzene rings is 6. The van der Waals surface area contributed by atoms with E-state index < -0.39 is 0 Å².